The molecule has 0 aliphatic heterocycles. The smallest absolute Gasteiger partial charge is 0.165 e. The van der Waals surface area contributed by atoms with Crippen molar-refractivity contribution in [1.29, 1.82) is 0 Å². The molecule has 1 rings (SSSR count). The highest BCUT2D eigenvalue weighted by molar-refractivity contribution is 5.23. The van der Waals surface area contributed by atoms with Gasteiger partial charge in [-0.15, -0.1) is 0 Å². The number of halogens is 1. The number of benzene rings is 1. The number of likely N-dealkylation sites (N-methyl/N-ethyl adjacent to an activating group) is 1. The fourth-order valence-corrected chi connectivity index (χ4v) is 1.70. The summed E-state index contributed by atoms with van der Waals surface area (Å²) in [5.41, 5.74) is 0. The van der Waals surface area contributed by atoms with E-state index in [0.29, 0.717) is 13.2 Å². The molecule has 0 saturated heterocycles. The SMILES string of the molecule is COCCN(C)CCNCC(O)COc1ccccc1F. The van der Waals surface area contributed by atoms with Crippen molar-refractivity contribution in [1.82, 2.24) is 10.2 Å². The van der Waals surface area contributed by atoms with Gasteiger partial charge in [0, 0.05) is 33.3 Å². The largest absolute Gasteiger partial charge is 0.488 e. The number of methoxy groups -OCH3 is 1. The minimum absolute atomic E-state index is 0.0629. The minimum atomic E-state index is -0.672. The second-order valence-corrected chi connectivity index (χ2v) is 4.90. The van der Waals surface area contributed by atoms with E-state index in [1.54, 1.807) is 25.3 Å². The fourth-order valence-electron chi connectivity index (χ4n) is 1.70. The van der Waals surface area contributed by atoms with Gasteiger partial charge in [0.2, 0.25) is 0 Å². The normalized spacial score (nSPS) is 12.6. The number of aliphatic hydroxyl groups is 1. The van der Waals surface area contributed by atoms with Crippen LogP contribution in [0.2, 0.25) is 0 Å². The van der Waals surface area contributed by atoms with Crippen molar-refractivity contribution >= 4 is 0 Å². The second kappa shape index (κ2) is 10.5. The average molecular weight is 300 g/mol. The molecule has 0 fully saturated rings. The summed E-state index contributed by atoms with van der Waals surface area (Å²) in [6.45, 7) is 3.67. The van der Waals surface area contributed by atoms with Gasteiger partial charge in [0.05, 0.1) is 6.61 Å². The van der Waals surface area contributed by atoms with Gasteiger partial charge in [0.25, 0.3) is 0 Å². The second-order valence-electron chi connectivity index (χ2n) is 4.90. The van der Waals surface area contributed by atoms with Gasteiger partial charge in [-0.3, -0.25) is 0 Å². The molecule has 0 spiro atoms. The third-order valence-electron chi connectivity index (χ3n) is 3.00. The van der Waals surface area contributed by atoms with Crippen LogP contribution in [0.1, 0.15) is 0 Å². The Bertz CT molecular complexity index is 393. The summed E-state index contributed by atoms with van der Waals surface area (Å²) >= 11 is 0. The van der Waals surface area contributed by atoms with Crippen molar-refractivity contribution in [3.8, 4) is 5.75 Å². The van der Waals surface area contributed by atoms with Crippen LogP contribution in [0.3, 0.4) is 0 Å². The summed E-state index contributed by atoms with van der Waals surface area (Å²) in [5, 5.41) is 12.9. The molecule has 21 heavy (non-hydrogen) atoms. The molecule has 0 radical (unpaired) electrons. The highest BCUT2D eigenvalue weighted by atomic mass is 19.1. The number of ether oxygens (including phenoxy) is 2. The zero-order valence-corrected chi connectivity index (χ0v) is 12.7. The van der Waals surface area contributed by atoms with Gasteiger partial charge >= 0.3 is 0 Å². The quantitative estimate of drug-likeness (QED) is 0.590. The minimum Gasteiger partial charge on any atom is -0.488 e. The van der Waals surface area contributed by atoms with Crippen LogP contribution in [0.4, 0.5) is 4.39 Å². The first kappa shape index (κ1) is 17.8. The summed E-state index contributed by atoms with van der Waals surface area (Å²) in [7, 11) is 3.69. The molecule has 2 N–H and O–H groups in total. The van der Waals surface area contributed by atoms with Gasteiger partial charge in [0.15, 0.2) is 11.6 Å². The Hall–Kier alpha value is -1.21. The first-order chi connectivity index (χ1) is 10.1. The lowest BCUT2D eigenvalue weighted by molar-refractivity contribution is 0.103. The third kappa shape index (κ3) is 7.96. The van der Waals surface area contributed by atoms with Crippen LogP contribution in [0.15, 0.2) is 24.3 Å². The van der Waals surface area contributed by atoms with Gasteiger partial charge < -0.3 is 24.8 Å². The molecular formula is C15H25FN2O3. The van der Waals surface area contributed by atoms with Gasteiger partial charge in [-0.1, -0.05) is 12.1 Å². The van der Waals surface area contributed by atoms with Crippen molar-refractivity contribution in [2.24, 2.45) is 0 Å². The van der Waals surface area contributed by atoms with E-state index >= 15 is 0 Å². The highest BCUT2D eigenvalue weighted by Gasteiger charge is 2.07. The maximum absolute atomic E-state index is 13.3. The van der Waals surface area contributed by atoms with Crippen molar-refractivity contribution in [2.45, 2.75) is 6.10 Å². The Morgan fingerprint density at radius 1 is 1.33 bits per heavy atom. The lowest BCUT2D eigenvalue weighted by Crippen LogP contribution is -2.36. The summed E-state index contributed by atoms with van der Waals surface area (Å²) in [6, 6.07) is 6.16. The molecule has 0 aromatic heterocycles. The molecule has 0 aliphatic carbocycles. The Morgan fingerprint density at radius 2 is 2.10 bits per heavy atom. The van der Waals surface area contributed by atoms with Gasteiger partial charge in [0.1, 0.15) is 12.7 Å². The number of nitrogens with zero attached hydrogens (tertiary/aromatic N) is 1. The van der Waals surface area contributed by atoms with Gasteiger partial charge in [-0.25, -0.2) is 4.39 Å². The van der Waals surface area contributed by atoms with Crippen LogP contribution in [0.25, 0.3) is 0 Å². The zero-order chi connectivity index (χ0) is 15.5. The summed E-state index contributed by atoms with van der Waals surface area (Å²) in [4.78, 5) is 2.14. The maximum atomic E-state index is 13.3. The van der Waals surface area contributed by atoms with Crippen molar-refractivity contribution in [3.05, 3.63) is 30.1 Å². The number of hydrogen-bond donors (Lipinski definition) is 2. The Morgan fingerprint density at radius 3 is 2.81 bits per heavy atom. The van der Waals surface area contributed by atoms with Crippen molar-refractivity contribution in [3.63, 3.8) is 0 Å². The predicted octanol–water partition coefficient (Wildman–Crippen LogP) is 0.733. The van der Waals surface area contributed by atoms with Crippen molar-refractivity contribution < 1.29 is 19.0 Å². The third-order valence-corrected chi connectivity index (χ3v) is 3.00. The van der Waals surface area contributed by atoms with E-state index in [1.807, 2.05) is 7.05 Å². The summed E-state index contributed by atoms with van der Waals surface area (Å²) in [5.74, 6) is -0.256. The van der Waals surface area contributed by atoms with E-state index in [0.717, 1.165) is 19.6 Å². The predicted molar refractivity (Wildman–Crippen MR) is 80.1 cm³/mol. The monoisotopic (exact) mass is 300 g/mol. The van der Waals surface area contributed by atoms with Crippen LogP contribution >= 0.6 is 0 Å². The number of nitrogens with one attached hydrogen (secondary N) is 1. The van der Waals surface area contributed by atoms with E-state index in [-0.39, 0.29) is 12.4 Å². The van der Waals surface area contributed by atoms with E-state index in [4.69, 9.17) is 9.47 Å². The van der Waals surface area contributed by atoms with Crippen LogP contribution in [-0.4, -0.2) is 69.7 Å². The zero-order valence-electron chi connectivity index (χ0n) is 12.7. The summed E-state index contributed by atoms with van der Waals surface area (Å²) < 4.78 is 23.5. The van der Waals surface area contributed by atoms with E-state index < -0.39 is 11.9 Å². The van der Waals surface area contributed by atoms with Crippen LogP contribution in [0, 0.1) is 5.82 Å². The molecule has 120 valence electrons. The Kier molecular flexibility index (Phi) is 8.93. The topological polar surface area (TPSA) is 54.0 Å². The number of para-hydroxylation sites is 1. The molecule has 5 nitrogen and oxygen atoms in total. The molecule has 0 aliphatic rings. The molecule has 1 atom stereocenters. The molecule has 1 aromatic rings. The first-order valence-corrected chi connectivity index (χ1v) is 7.07. The fraction of sp³-hybridized carbons (Fsp3) is 0.600. The molecular weight excluding hydrogens is 275 g/mol. The molecule has 1 unspecified atom stereocenters. The molecule has 0 heterocycles. The number of aliphatic hydroxyl groups excluding tert-OH is 1. The van der Waals surface area contributed by atoms with Crippen LogP contribution in [0.5, 0.6) is 5.75 Å². The Balaban J connectivity index is 2.09. The first-order valence-electron chi connectivity index (χ1n) is 7.07. The molecule has 0 bridgehead atoms. The van der Waals surface area contributed by atoms with Crippen LogP contribution in [-0.2, 0) is 4.74 Å². The van der Waals surface area contributed by atoms with Gasteiger partial charge in [-0.2, -0.15) is 0 Å². The van der Waals surface area contributed by atoms with Crippen molar-refractivity contribution in [2.75, 3.05) is 53.6 Å². The standard InChI is InChI=1S/C15H25FN2O3/c1-18(9-10-20-2)8-7-17-11-13(19)12-21-15-6-4-3-5-14(15)16/h3-6,13,17,19H,7-12H2,1-2H3. The number of rotatable bonds is 11. The van der Waals surface area contributed by atoms with E-state index in [1.165, 1.54) is 6.07 Å². The molecule has 6 heteroatoms. The van der Waals surface area contributed by atoms with Gasteiger partial charge in [-0.05, 0) is 19.2 Å². The average Bonchev–Trinajstić information content (AvgIpc) is 2.48. The lowest BCUT2D eigenvalue weighted by atomic mass is 10.3. The lowest BCUT2D eigenvalue weighted by Gasteiger charge is -2.17. The molecule has 0 saturated carbocycles. The highest BCUT2D eigenvalue weighted by Crippen LogP contribution is 2.15. The van der Waals surface area contributed by atoms with E-state index in [9.17, 15) is 9.50 Å². The summed E-state index contributed by atoms with van der Waals surface area (Å²) in [6.07, 6.45) is -0.672. The number of hydrogen-bond acceptors (Lipinski definition) is 5. The van der Waals surface area contributed by atoms with E-state index in [2.05, 4.69) is 10.2 Å². The molecule has 0 amide bonds. The Labute approximate surface area is 125 Å². The molecule has 1 aromatic carbocycles. The maximum Gasteiger partial charge on any atom is 0.165 e. The van der Waals surface area contributed by atoms with Crippen LogP contribution < -0.4 is 10.1 Å².